The van der Waals surface area contributed by atoms with Crippen LogP contribution in [0.3, 0.4) is 0 Å². The van der Waals surface area contributed by atoms with Gasteiger partial charge in [-0.2, -0.15) is 0 Å². The quantitative estimate of drug-likeness (QED) is 0.597. The number of ether oxygens (including phenoxy) is 1. The molecule has 1 aromatic heterocycles. The number of amides is 2. The summed E-state index contributed by atoms with van der Waals surface area (Å²) in [7, 11) is 1.69. The second-order valence-corrected chi connectivity index (χ2v) is 8.92. The van der Waals surface area contributed by atoms with E-state index in [9.17, 15) is 9.59 Å². The van der Waals surface area contributed by atoms with Crippen LogP contribution in [0.15, 0.2) is 48.7 Å². The van der Waals surface area contributed by atoms with Crippen LogP contribution in [-0.2, 0) is 9.59 Å². The number of hydrogen-bond donors (Lipinski definition) is 2. The highest BCUT2D eigenvalue weighted by Crippen LogP contribution is 2.35. The van der Waals surface area contributed by atoms with Crippen molar-refractivity contribution in [1.82, 2.24) is 9.88 Å². The van der Waals surface area contributed by atoms with Gasteiger partial charge >= 0.3 is 0 Å². The lowest BCUT2D eigenvalue weighted by Gasteiger charge is -2.31. The first kappa shape index (κ1) is 21.5. The summed E-state index contributed by atoms with van der Waals surface area (Å²) in [5, 5.41) is 4.26. The van der Waals surface area contributed by atoms with Gasteiger partial charge in [-0.05, 0) is 74.2 Å². The minimum atomic E-state index is -0.0376. The maximum Gasteiger partial charge on any atom is 0.238 e. The molecule has 2 aliphatic heterocycles. The Kier molecular flexibility index (Phi) is 6.05. The zero-order chi connectivity index (χ0) is 22.8. The van der Waals surface area contributed by atoms with E-state index in [4.69, 9.17) is 4.74 Å². The highest BCUT2D eigenvalue weighted by atomic mass is 16.5. The summed E-state index contributed by atoms with van der Waals surface area (Å²) >= 11 is 0. The Morgan fingerprint density at radius 1 is 1.15 bits per heavy atom. The Morgan fingerprint density at radius 2 is 1.97 bits per heavy atom. The second kappa shape index (κ2) is 9.27. The summed E-state index contributed by atoms with van der Waals surface area (Å²) in [6.45, 7) is 2.82. The highest BCUT2D eigenvalue weighted by Gasteiger charge is 2.26. The lowest BCUT2D eigenvalue weighted by atomic mass is 9.89. The molecule has 2 aliphatic rings. The van der Waals surface area contributed by atoms with E-state index in [1.165, 1.54) is 10.9 Å². The number of anilines is 2. The average molecular weight is 447 g/mol. The molecule has 0 radical (unpaired) electrons. The van der Waals surface area contributed by atoms with Crippen molar-refractivity contribution in [2.75, 3.05) is 43.5 Å². The zero-order valence-corrected chi connectivity index (χ0v) is 19.0. The molecular formula is C26H30N4O3. The number of likely N-dealkylation sites (tertiary alicyclic amines) is 1. The van der Waals surface area contributed by atoms with Gasteiger partial charge in [0.15, 0.2) is 0 Å². The van der Waals surface area contributed by atoms with Crippen LogP contribution in [0.4, 0.5) is 11.4 Å². The third-order valence-electron chi connectivity index (χ3n) is 6.86. The molecule has 0 unspecified atom stereocenters. The molecule has 0 bridgehead atoms. The van der Waals surface area contributed by atoms with E-state index in [2.05, 4.69) is 33.5 Å². The van der Waals surface area contributed by atoms with Crippen molar-refractivity contribution < 1.29 is 14.3 Å². The smallest absolute Gasteiger partial charge is 0.238 e. The number of hydrogen-bond acceptors (Lipinski definition) is 4. The lowest BCUT2D eigenvalue weighted by molar-refractivity contribution is -0.118. The molecule has 2 amide bonds. The summed E-state index contributed by atoms with van der Waals surface area (Å²) in [6, 6.07) is 13.7. The van der Waals surface area contributed by atoms with Crippen molar-refractivity contribution >= 4 is 34.1 Å². The van der Waals surface area contributed by atoms with Crippen molar-refractivity contribution in [2.45, 2.75) is 31.6 Å². The molecule has 0 atom stereocenters. The van der Waals surface area contributed by atoms with E-state index >= 15 is 0 Å². The standard InChI is InChI=1S/C26H30N4O3/c1-33-19-8-9-22-20(15-19)21(16-27-22)18-10-13-29(14-11-18)17-25(31)28-23-5-2-3-6-24(23)30-12-4-7-26(30)32/h2-3,5-6,8-9,15-16,18,27H,4,7,10-14,17H2,1H3,(H,28,31). The van der Waals surface area contributed by atoms with Crippen molar-refractivity contribution in [2.24, 2.45) is 0 Å². The van der Waals surface area contributed by atoms with Crippen LogP contribution < -0.4 is 15.0 Å². The largest absolute Gasteiger partial charge is 0.497 e. The minimum Gasteiger partial charge on any atom is -0.497 e. The van der Waals surface area contributed by atoms with Gasteiger partial charge in [-0.25, -0.2) is 0 Å². The van der Waals surface area contributed by atoms with Gasteiger partial charge in [0.05, 0.1) is 25.0 Å². The van der Waals surface area contributed by atoms with E-state index in [0.717, 1.165) is 49.3 Å². The monoisotopic (exact) mass is 446 g/mol. The third kappa shape index (κ3) is 4.46. The number of nitrogens with one attached hydrogen (secondary N) is 2. The first-order valence-corrected chi connectivity index (χ1v) is 11.7. The highest BCUT2D eigenvalue weighted by molar-refractivity contribution is 6.02. The summed E-state index contributed by atoms with van der Waals surface area (Å²) in [5.74, 6) is 1.42. The molecule has 3 heterocycles. The molecule has 2 fully saturated rings. The number of benzene rings is 2. The van der Waals surface area contributed by atoms with Gasteiger partial charge in [0.2, 0.25) is 11.8 Å². The Balaban J connectivity index is 1.19. The van der Waals surface area contributed by atoms with Crippen LogP contribution >= 0.6 is 0 Å². The Labute approximate surface area is 193 Å². The van der Waals surface area contributed by atoms with Gasteiger partial charge in [0.25, 0.3) is 0 Å². The number of piperidine rings is 1. The van der Waals surface area contributed by atoms with E-state index < -0.39 is 0 Å². The number of carbonyl (C=O) groups is 2. The number of para-hydroxylation sites is 2. The van der Waals surface area contributed by atoms with Gasteiger partial charge in [-0.3, -0.25) is 14.5 Å². The number of aromatic amines is 1. The van der Waals surface area contributed by atoms with Gasteiger partial charge in [0, 0.05) is 30.1 Å². The van der Waals surface area contributed by atoms with Crippen LogP contribution in [-0.4, -0.2) is 55.0 Å². The van der Waals surface area contributed by atoms with Crippen molar-refractivity contribution in [3.8, 4) is 5.75 Å². The van der Waals surface area contributed by atoms with Gasteiger partial charge in [-0.15, -0.1) is 0 Å². The Hall–Kier alpha value is -3.32. The fourth-order valence-electron chi connectivity index (χ4n) is 5.10. The number of H-pyrrole nitrogens is 1. The van der Waals surface area contributed by atoms with E-state index in [1.54, 1.807) is 12.0 Å². The molecule has 7 nitrogen and oxygen atoms in total. The van der Waals surface area contributed by atoms with Crippen LogP contribution in [0.25, 0.3) is 10.9 Å². The molecule has 7 heteroatoms. The number of methoxy groups -OCH3 is 1. The first-order valence-electron chi connectivity index (χ1n) is 11.7. The van der Waals surface area contributed by atoms with E-state index in [-0.39, 0.29) is 11.8 Å². The second-order valence-electron chi connectivity index (χ2n) is 8.92. The fraction of sp³-hybridized carbons (Fsp3) is 0.385. The van der Waals surface area contributed by atoms with Gasteiger partial charge in [0.1, 0.15) is 5.75 Å². The Morgan fingerprint density at radius 3 is 2.73 bits per heavy atom. The molecule has 172 valence electrons. The molecular weight excluding hydrogens is 416 g/mol. The minimum absolute atomic E-state index is 0.0376. The molecule has 0 saturated carbocycles. The molecule has 5 rings (SSSR count). The maximum atomic E-state index is 12.8. The predicted octanol–water partition coefficient (Wildman–Crippen LogP) is 4.12. The third-order valence-corrected chi connectivity index (χ3v) is 6.86. The topological polar surface area (TPSA) is 77.7 Å². The molecule has 33 heavy (non-hydrogen) atoms. The summed E-state index contributed by atoms with van der Waals surface area (Å²) in [4.78, 5) is 32.3. The van der Waals surface area contributed by atoms with E-state index in [0.29, 0.717) is 31.1 Å². The maximum absolute atomic E-state index is 12.8. The van der Waals surface area contributed by atoms with Gasteiger partial charge < -0.3 is 19.9 Å². The molecule has 2 N–H and O–H groups in total. The number of carbonyl (C=O) groups excluding carboxylic acids is 2. The van der Waals surface area contributed by atoms with Crippen molar-refractivity contribution in [1.29, 1.82) is 0 Å². The zero-order valence-electron chi connectivity index (χ0n) is 19.0. The van der Waals surface area contributed by atoms with E-state index in [1.807, 2.05) is 30.3 Å². The average Bonchev–Trinajstić information content (AvgIpc) is 3.45. The normalized spacial score (nSPS) is 17.6. The van der Waals surface area contributed by atoms with Crippen LogP contribution in [0.5, 0.6) is 5.75 Å². The molecule has 2 saturated heterocycles. The first-order chi connectivity index (χ1) is 16.1. The van der Waals surface area contributed by atoms with Crippen molar-refractivity contribution in [3.63, 3.8) is 0 Å². The summed E-state index contributed by atoms with van der Waals surface area (Å²) in [5.41, 5.74) is 3.96. The predicted molar refractivity (Wildman–Crippen MR) is 130 cm³/mol. The molecule has 0 spiro atoms. The molecule has 3 aromatic rings. The van der Waals surface area contributed by atoms with Crippen molar-refractivity contribution in [3.05, 3.63) is 54.2 Å². The fourth-order valence-corrected chi connectivity index (χ4v) is 5.10. The van der Waals surface area contributed by atoms with Crippen LogP contribution in [0, 0.1) is 0 Å². The molecule has 2 aromatic carbocycles. The summed E-state index contributed by atoms with van der Waals surface area (Å²) in [6.07, 6.45) is 5.57. The number of nitrogens with zero attached hydrogens (tertiary/aromatic N) is 2. The summed E-state index contributed by atoms with van der Waals surface area (Å²) < 4.78 is 5.40. The number of aromatic nitrogens is 1. The number of rotatable bonds is 6. The Bertz CT molecular complexity index is 1160. The van der Waals surface area contributed by atoms with Crippen LogP contribution in [0.2, 0.25) is 0 Å². The SMILES string of the molecule is COc1ccc2[nH]cc(C3CCN(CC(=O)Nc4ccccc4N4CCCC4=O)CC3)c2c1. The molecule has 0 aliphatic carbocycles. The number of fused-ring (bicyclic) bond motifs is 1. The lowest BCUT2D eigenvalue weighted by Crippen LogP contribution is -2.39. The van der Waals surface area contributed by atoms with Gasteiger partial charge in [-0.1, -0.05) is 12.1 Å². The van der Waals surface area contributed by atoms with Crippen LogP contribution in [0.1, 0.15) is 37.2 Å².